The Balaban J connectivity index is 2.08. The number of allylic oxidation sites excluding steroid dienone is 3. The number of phenolic OH excluding ortho intramolecular Hbond substituents is 2. The van der Waals surface area contributed by atoms with Gasteiger partial charge in [-0.05, 0) is 51.7 Å². The van der Waals surface area contributed by atoms with Crippen LogP contribution >= 0.6 is 0 Å². The number of ketones is 1. The highest BCUT2D eigenvalue weighted by Gasteiger charge is 2.35. The number of ether oxygens (including phenoxy) is 3. The summed E-state index contributed by atoms with van der Waals surface area (Å²) >= 11 is 0. The van der Waals surface area contributed by atoms with Crippen LogP contribution < -0.4 is 14.2 Å². The third-order valence-corrected chi connectivity index (χ3v) is 6.00. The molecular weight excluding hydrogens is 420 g/mol. The molecule has 0 aliphatic carbocycles. The summed E-state index contributed by atoms with van der Waals surface area (Å²) in [6, 6.07) is 6.34. The Labute approximate surface area is 195 Å². The van der Waals surface area contributed by atoms with Crippen molar-refractivity contribution >= 4 is 5.78 Å². The molecule has 1 heterocycles. The largest absolute Gasteiger partial charge is 0.507 e. The number of carbonyl (C=O) groups excluding carboxylic acids is 1. The summed E-state index contributed by atoms with van der Waals surface area (Å²) in [5, 5.41) is 21.4. The number of methoxy groups -OCH3 is 2. The van der Waals surface area contributed by atoms with Crippen LogP contribution in [0.5, 0.6) is 28.7 Å². The first kappa shape index (κ1) is 24.2. The fourth-order valence-corrected chi connectivity index (χ4v) is 4.05. The molecular formula is C27H32O6. The van der Waals surface area contributed by atoms with E-state index in [1.807, 2.05) is 20.8 Å². The van der Waals surface area contributed by atoms with E-state index in [2.05, 4.69) is 12.7 Å². The summed E-state index contributed by atoms with van der Waals surface area (Å²) < 4.78 is 16.8. The van der Waals surface area contributed by atoms with Gasteiger partial charge in [-0.1, -0.05) is 23.8 Å². The van der Waals surface area contributed by atoms with Crippen LogP contribution in [-0.2, 0) is 6.42 Å². The van der Waals surface area contributed by atoms with Crippen LogP contribution in [-0.4, -0.2) is 30.2 Å². The van der Waals surface area contributed by atoms with Gasteiger partial charge in [-0.25, -0.2) is 0 Å². The van der Waals surface area contributed by atoms with Crippen molar-refractivity contribution in [3.8, 4) is 28.7 Å². The van der Waals surface area contributed by atoms with Gasteiger partial charge in [0.15, 0.2) is 5.78 Å². The second kappa shape index (κ2) is 10.0. The Bertz CT molecular complexity index is 1090. The Morgan fingerprint density at radius 1 is 1.18 bits per heavy atom. The van der Waals surface area contributed by atoms with E-state index in [4.69, 9.17) is 14.2 Å². The molecule has 2 aromatic carbocycles. The van der Waals surface area contributed by atoms with Crippen molar-refractivity contribution < 1.29 is 29.2 Å². The van der Waals surface area contributed by atoms with Crippen molar-refractivity contribution in [2.24, 2.45) is 5.92 Å². The van der Waals surface area contributed by atoms with E-state index >= 15 is 0 Å². The topological polar surface area (TPSA) is 85.2 Å². The van der Waals surface area contributed by atoms with Crippen LogP contribution in [0.1, 0.15) is 61.2 Å². The summed E-state index contributed by atoms with van der Waals surface area (Å²) in [4.78, 5) is 13.2. The van der Waals surface area contributed by atoms with Crippen LogP contribution in [0, 0.1) is 5.92 Å². The summed E-state index contributed by atoms with van der Waals surface area (Å²) in [6.45, 7) is 10.2. The second-order valence-corrected chi connectivity index (χ2v) is 8.70. The van der Waals surface area contributed by atoms with Gasteiger partial charge in [0.1, 0.15) is 40.4 Å². The Hall–Kier alpha value is -3.41. The lowest BCUT2D eigenvalue weighted by Gasteiger charge is -2.30. The summed E-state index contributed by atoms with van der Waals surface area (Å²) in [5.74, 6) is 0.926. The maximum atomic E-state index is 13.2. The van der Waals surface area contributed by atoms with Crippen molar-refractivity contribution in [3.63, 3.8) is 0 Å². The minimum absolute atomic E-state index is 0.00135. The van der Waals surface area contributed by atoms with Gasteiger partial charge in [-0.15, -0.1) is 0 Å². The maximum absolute atomic E-state index is 13.2. The highest BCUT2D eigenvalue weighted by molar-refractivity contribution is 6.03. The molecule has 0 saturated carbocycles. The number of rotatable bonds is 8. The predicted molar refractivity (Wildman–Crippen MR) is 128 cm³/mol. The van der Waals surface area contributed by atoms with Gasteiger partial charge in [-0.2, -0.15) is 0 Å². The van der Waals surface area contributed by atoms with Crippen molar-refractivity contribution in [1.82, 2.24) is 0 Å². The minimum Gasteiger partial charge on any atom is -0.507 e. The molecule has 3 rings (SSSR count). The summed E-state index contributed by atoms with van der Waals surface area (Å²) in [7, 11) is 2.97. The third-order valence-electron chi connectivity index (χ3n) is 6.00. The van der Waals surface area contributed by atoms with Gasteiger partial charge in [0, 0.05) is 23.3 Å². The molecule has 2 aromatic rings. The molecule has 0 bridgehead atoms. The van der Waals surface area contributed by atoms with Crippen LogP contribution in [0.15, 0.2) is 48.1 Å². The minimum atomic E-state index is -0.706. The molecule has 0 fully saturated rings. The zero-order valence-electron chi connectivity index (χ0n) is 19.9. The van der Waals surface area contributed by atoms with Gasteiger partial charge in [-0.3, -0.25) is 4.79 Å². The van der Waals surface area contributed by atoms with Crippen LogP contribution in [0.4, 0.5) is 0 Å². The SMILES string of the molecule is C=C(C)[C@H](CC=C(C)C)Cc1c(O)cc(OC)c2c1O[C@H](c1ccc(OC)cc1O)CC2=O. The molecule has 2 atom stereocenters. The van der Waals surface area contributed by atoms with E-state index in [0.717, 1.165) is 12.0 Å². The average Bonchev–Trinajstić information content (AvgIpc) is 2.76. The van der Waals surface area contributed by atoms with Crippen molar-refractivity contribution in [2.75, 3.05) is 14.2 Å². The maximum Gasteiger partial charge on any atom is 0.174 e. The fraction of sp³-hybridized carbons (Fsp3) is 0.370. The third kappa shape index (κ3) is 5.16. The van der Waals surface area contributed by atoms with Crippen molar-refractivity contribution in [2.45, 2.75) is 46.1 Å². The lowest BCUT2D eigenvalue weighted by Crippen LogP contribution is -2.23. The second-order valence-electron chi connectivity index (χ2n) is 8.70. The van der Waals surface area contributed by atoms with E-state index in [1.165, 1.54) is 31.9 Å². The number of hydrogen-bond donors (Lipinski definition) is 2. The van der Waals surface area contributed by atoms with E-state index in [0.29, 0.717) is 34.6 Å². The van der Waals surface area contributed by atoms with Gasteiger partial charge in [0.25, 0.3) is 0 Å². The van der Waals surface area contributed by atoms with Gasteiger partial charge >= 0.3 is 0 Å². The van der Waals surface area contributed by atoms with E-state index in [1.54, 1.807) is 12.1 Å². The molecule has 0 radical (unpaired) electrons. The number of hydrogen-bond acceptors (Lipinski definition) is 6. The van der Waals surface area contributed by atoms with Crippen LogP contribution in [0.2, 0.25) is 0 Å². The molecule has 6 nitrogen and oxygen atoms in total. The monoisotopic (exact) mass is 452 g/mol. The summed E-state index contributed by atoms with van der Waals surface area (Å²) in [5.41, 5.74) is 3.50. The van der Waals surface area contributed by atoms with E-state index in [9.17, 15) is 15.0 Å². The summed E-state index contributed by atoms with van der Waals surface area (Å²) in [6.07, 6.45) is 2.67. The first-order valence-corrected chi connectivity index (χ1v) is 10.9. The highest BCUT2D eigenvalue weighted by atomic mass is 16.5. The quantitative estimate of drug-likeness (QED) is 0.484. The van der Waals surface area contributed by atoms with Crippen LogP contribution in [0.25, 0.3) is 0 Å². The zero-order valence-corrected chi connectivity index (χ0v) is 19.9. The fourth-order valence-electron chi connectivity index (χ4n) is 4.05. The number of carbonyl (C=O) groups is 1. The number of fused-ring (bicyclic) bond motifs is 1. The molecule has 0 aromatic heterocycles. The van der Waals surface area contributed by atoms with Crippen molar-refractivity contribution in [3.05, 3.63) is 64.8 Å². The first-order valence-electron chi connectivity index (χ1n) is 10.9. The molecule has 1 aliphatic heterocycles. The smallest absolute Gasteiger partial charge is 0.174 e. The Morgan fingerprint density at radius 2 is 1.91 bits per heavy atom. The molecule has 33 heavy (non-hydrogen) atoms. The average molecular weight is 453 g/mol. The molecule has 6 heteroatoms. The predicted octanol–water partition coefficient (Wildman–Crippen LogP) is 5.91. The van der Waals surface area contributed by atoms with Crippen LogP contribution in [0.3, 0.4) is 0 Å². The molecule has 0 amide bonds. The van der Waals surface area contributed by atoms with Crippen molar-refractivity contribution in [1.29, 1.82) is 0 Å². The first-order chi connectivity index (χ1) is 15.7. The lowest BCUT2D eigenvalue weighted by atomic mass is 9.86. The standard InChI is InChI=1S/C27H32O6/c1-15(2)7-8-17(16(3)4)11-20-22(29)13-25(32-6)26-23(30)14-24(33-27(20)26)19-10-9-18(31-5)12-21(19)28/h7,9-10,12-13,17,24,28-29H,3,8,11,14H2,1-2,4-6H3/t17-,24+/m1/s1. The lowest BCUT2D eigenvalue weighted by molar-refractivity contribution is 0.0838. The number of phenols is 2. The van der Waals surface area contributed by atoms with Gasteiger partial charge in [0.2, 0.25) is 0 Å². The molecule has 1 aliphatic rings. The Morgan fingerprint density at radius 3 is 2.48 bits per heavy atom. The molecule has 0 saturated heterocycles. The molecule has 0 spiro atoms. The van der Waals surface area contributed by atoms with E-state index in [-0.39, 0.29) is 35.4 Å². The number of benzene rings is 2. The van der Waals surface area contributed by atoms with Gasteiger partial charge in [0.05, 0.1) is 20.6 Å². The zero-order chi connectivity index (χ0) is 24.3. The van der Waals surface area contributed by atoms with Gasteiger partial charge < -0.3 is 24.4 Å². The molecule has 2 N–H and O–H groups in total. The molecule has 176 valence electrons. The highest BCUT2D eigenvalue weighted by Crippen LogP contribution is 2.48. The number of Topliss-reactive ketones (excluding diaryl/α,β-unsaturated/α-hetero) is 1. The molecule has 0 unspecified atom stereocenters. The normalized spacial score (nSPS) is 15.8. The Kier molecular flexibility index (Phi) is 7.36. The number of aromatic hydroxyl groups is 2. The van der Waals surface area contributed by atoms with E-state index < -0.39 is 6.10 Å².